The Kier molecular flexibility index (Phi) is 7.47. The van der Waals surface area contributed by atoms with Gasteiger partial charge in [-0.25, -0.2) is 14.8 Å². The number of aromatic nitrogens is 4. The normalized spacial score (nSPS) is 21.4. The van der Waals surface area contributed by atoms with Crippen LogP contribution < -0.4 is 10.6 Å². The van der Waals surface area contributed by atoms with Crippen LogP contribution in [0.15, 0.2) is 42.9 Å². The molecule has 1 aromatic carbocycles. The topological polar surface area (TPSA) is 106 Å². The number of benzene rings is 1. The number of hydrogen-bond donors (Lipinski definition) is 2. The molecule has 1 unspecified atom stereocenters. The van der Waals surface area contributed by atoms with Crippen molar-refractivity contribution in [2.24, 2.45) is 0 Å². The zero-order valence-corrected chi connectivity index (χ0v) is 22.7. The number of carbonyl (C=O) groups excluding carboxylic acids is 1. The Labute approximate surface area is 229 Å². The summed E-state index contributed by atoms with van der Waals surface area (Å²) in [5.74, 6) is 0.532. The molecule has 2 atom stereocenters. The van der Waals surface area contributed by atoms with Crippen LogP contribution in [-0.4, -0.2) is 69.2 Å². The third-order valence-corrected chi connectivity index (χ3v) is 7.69. The van der Waals surface area contributed by atoms with Gasteiger partial charge in [-0.3, -0.25) is 4.68 Å². The lowest BCUT2D eigenvalue weighted by molar-refractivity contribution is -0.0644. The van der Waals surface area contributed by atoms with Gasteiger partial charge in [0.25, 0.3) is 0 Å². The van der Waals surface area contributed by atoms with Crippen molar-refractivity contribution in [3.05, 3.63) is 54.0 Å². The third kappa shape index (κ3) is 5.91. The van der Waals surface area contributed by atoms with Crippen molar-refractivity contribution in [3.8, 4) is 11.3 Å². The van der Waals surface area contributed by atoms with Gasteiger partial charge in [-0.05, 0) is 62.8 Å². The summed E-state index contributed by atoms with van der Waals surface area (Å²) in [6, 6.07) is 8.70. The second kappa shape index (κ2) is 11.3. The predicted molar refractivity (Wildman–Crippen MR) is 148 cm³/mol. The maximum absolute atomic E-state index is 12.9. The Hall–Kier alpha value is -3.50. The summed E-state index contributed by atoms with van der Waals surface area (Å²) in [5.41, 5.74) is 5.22. The highest BCUT2D eigenvalue weighted by Crippen LogP contribution is 2.32. The van der Waals surface area contributed by atoms with E-state index < -0.39 is 0 Å². The van der Waals surface area contributed by atoms with Crippen LogP contribution in [0, 0.1) is 0 Å². The van der Waals surface area contributed by atoms with Crippen molar-refractivity contribution in [1.82, 2.24) is 30.0 Å². The monoisotopic (exact) mass is 531 g/mol. The van der Waals surface area contributed by atoms with Gasteiger partial charge in [0, 0.05) is 24.6 Å². The first-order valence-electron chi connectivity index (χ1n) is 14.1. The highest BCUT2D eigenvalue weighted by atomic mass is 16.5. The van der Waals surface area contributed by atoms with E-state index in [2.05, 4.69) is 38.9 Å². The van der Waals surface area contributed by atoms with E-state index in [1.165, 1.54) is 11.1 Å². The lowest BCUT2D eigenvalue weighted by Gasteiger charge is -2.40. The minimum atomic E-state index is -0.00386. The van der Waals surface area contributed by atoms with Crippen LogP contribution in [0.1, 0.15) is 62.7 Å². The number of carbonyl (C=O) groups is 1. The summed E-state index contributed by atoms with van der Waals surface area (Å²) in [6.45, 7) is 6.84. The Bertz CT molecular complexity index is 1300. The maximum Gasteiger partial charge on any atom is 0.318 e. The molecule has 3 aromatic rings. The van der Waals surface area contributed by atoms with Crippen LogP contribution in [0.2, 0.25) is 0 Å². The van der Waals surface area contributed by atoms with Gasteiger partial charge in [0.1, 0.15) is 0 Å². The molecule has 2 aromatic heterocycles. The first kappa shape index (κ1) is 25.8. The van der Waals surface area contributed by atoms with Crippen molar-refractivity contribution < 1.29 is 14.3 Å². The molecule has 10 heteroatoms. The van der Waals surface area contributed by atoms with Crippen LogP contribution >= 0.6 is 0 Å². The number of likely N-dealkylation sites (tertiary alicyclic amines) is 1. The van der Waals surface area contributed by atoms with Crippen LogP contribution in [0.25, 0.3) is 11.3 Å². The molecule has 2 saturated heterocycles. The lowest BCUT2D eigenvalue weighted by atomic mass is 9.95. The number of nitrogens with zero attached hydrogens (tertiary/aromatic N) is 5. The Morgan fingerprint density at radius 1 is 1.18 bits per heavy atom. The number of fused-ring (bicyclic) bond motifs is 1. The quantitative estimate of drug-likeness (QED) is 0.428. The summed E-state index contributed by atoms with van der Waals surface area (Å²) >= 11 is 0. The fourth-order valence-electron chi connectivity index (χ4n) is 5.65. The van der Waals surface area contributed by atoms with Crippen LogP contribution in [0.5, 0.6) is 0 Å². The van der Waals surface area contributed by atoms with Crippen molar-refractivity contribution in [1.29, 1.82) is 0 Å². The maximum atomic E-state index is 12.9. The van der Waals surface area contributed by atoms with E-state index in [-0.39, 0.29) is 30.3 Å². The minimum absolute atomic E-state index is 0.00386. The zero-order valence-electron chi connectivity index (χ0n) is 22.7. The molecule has 0 bridgehead atoms. The number of urea groups is 1. The number of nitrogens with one attached hydrogen (secondary N) is 2. The molecule has 4 heterocycles. The fourth-order valence-corrected chi connectivity index (χ4v) is 5.65. The second-order valence-corrected chi connectivity index (χ2v) is 11.0. The van der Waals surface area contributed by atoms with Gasteiger partial charge in [0.2, 0.25) is 5.95 Å². The van der Waals surface area contributed by atoms with Gasteiger partial charge in [0.15, 0.2) is 0 Å². The van der Waals surface area contributed by atoms with Gasteiger partial charge in [-0.15, -0.1) is 0 Å². The average molecular weight is 532 g/mol. The second-order valence-electron chi connectivity index (χ2n) is 11.0. The van der Waals surface area contributed by atoms with Gasteiger partial charge in [-0.2, -0.15) is 5.10 Å². The van der Waals surface area contributed by atoms with E-state index in [0.717, 1.165) is 55.7 Å². The molecule has 2 fully saturated rings. The molecule has 2 amide bonds. The van der Waals surface area contributed by atoms with Crippen molar-refractivity contribution in [3.63, 3.8) is 0 Å². The largest absolute Gasteiger partial charge is 0.379 e. The third-order valence-electron chi connectivity index (χ3n) is 7.69. The number of amides is 2. The van der Waals surface area contributed by atoms with E-state index in [1.54, 1.807) is 12.4 Å². The van der Waals surface area contributed by atoms with Crippen molar-refractivity contribution in [2.75, 3.05) is 31.6 Å². The molecule has 0 radical (unpaired) electrons. The molecular formula is C29H37N7O3. The molecule has 10 nitrogen and oxygen atoms in total. The van der Waals surface area contributed by atoms with Crippen LogP contribution in [0.4, 0.5) is 16.4 Å². The lowest BCUT2D eigenvalue weighted by Crippen LogP contribution is -2.58. The summed E-state index contributed by atoms with van der Waals surface area (Å²) in [6.07, 6.45) is 11.0. The molecule has 39 heavy (non-hydrogen) atoms. The van der Waals surface area contributed by atoms with Gasteiger partial charge in [0.05, 0.1) is 61.6 Å². The van der Waals surface area contributed by atoms with E-state index >= 15 is 0 Å². The number of ether oxygens (including phenoxy) is 2. The molecular weight excluding hydrogens is 494 g/mol. The zero-order chi connectivity index (χ0) is 26.8. The van der Waals surface area contributed by atoms with E-state index in [4.69, 9.17) is 14.5 Å². The number of rotatable bonds is 7. The Morgan fingerprint density at radius 2 is 2.08 bits per heavy atom. The summed E-state index contributed by atoms with van der Waals surface area (Å²) < 4.78 is 13.2. The van der Waals surface area contributed by atoms with Gasteiger partial charge < -0.3 is 25.0 Å². The highest BCUT2D eigenvalue weighted by Gasteiger charge is 2.33. The van der Waals surface area contributed by atoms with Crippen molar-refractivity contribution >= 4 is 17.7 Å². The molecule has 206 valence electrons. The molecule has 2 N–H and O–H groups in total. The molecule has 2 aliphatic heterocycles. The molecule has 0 saturated carbocycles. The number of aryl methyl sites for hydroxylation is 1. The summed E-state index contributed by atoms with van der Waals surface area (Å²) in [5, 5.41) is 11.0. The first-order chi connectivity index (χ1) is 19.0. The van der Waals surface area contributed by atoms with Crippen molar-refractivity contribution in [2.45, 2.75) is 70.2 Å². The number of anilines is 2. The standard InChI is InChI=1S/C29H37N7O3/c1-19(2)39-24-16-35(17-24)29(37)34-27-6-4-3-5-20-13-21(7-8-25(20)27)26-9-11-30-28(33-26)32-22-14-31-36(15-22)23-10-12-38-18-23/h7-9,11,13-15,19,23-24,27H,3-6,10,12,16-18H2,1-2H3,(H,34,37)(H,30,32,33)/t23-,27?/m1/s1. The molecule has 6 rings (SSSR count). The molecule has 0 spiro atoms. The predicted octanol–water partition coefficient (Wildman–Crippen LogP) is 4.63. The van der Waals surface area contributed by atoms with E-state index in [0.29, 0.717) is 25.6 Å². The van der Waals surface area contributed by atoms with E-state index in [9.17, 15) is 4.79 Å². The highest BCUT2D eigenvalue weighted by molar-refractivity contribution is 5.76. The average Bonchev–Trinajstić information content (AvgIpc) is 3.56. The number of hydrogen-bond acceptors (Lipinski definition) is 7. The van der Waals surface area contributed by atoms with E-state index in [1.807, 2.05) is 35.7 Å². The summed E-state index contributed by atoms with van der Waals surface area (Å²) in [7, 11) is 0. The first-order valence-corrected chi connectivity index (χ1v) is 14.1. The smallest absolute Gasteiger partial charge is 0.318 e. The van der Waals surface area contributed by atoms with Crippen LogP contribution in [-0.2, 0) is 15.9 Å². The van der Waals surface area contributed by atoms with Gasteiger partial charge in [-0.1, -0.05) is 18.6 Å². The molecule has 1 aliphatic carbocycles. The fraction of sp³-hybridized carbons (Fsp3) is 0.517. The Balaban J connectivity index is 1.13. The van der Waals surface area contributed by atoms with Crippen LogP contribution in [0.3, 0.4) is 0 Å². The minimum Gasteiger partial charge on any atom is -0.379 e. The SMILES string of the molecule is CC(C)OC1CN(C(=O)NC2CCCCc3cc(-c4ccnc(Nc5cnn([C@@H]6CCOC6)c5)n4)ccc32)C1. The molecule has 3 aliphatic rings. The van der Waals surface area contributed by atoms with Gasteiger partial charge >= 0.3 is 6.03 Å². The Morgan fingerprint density at radius 3 is 2.90 bits per heavy atom. The summed E-state index contributed by atoms with van der Waals surface area (Å²) in [4.78, 5) is 24.0.